The predicted octanol–water partition coefficient (Wildman–Crippen LogP) is 2.66. The van der Waals surface area contributed by atoms with E-state index in [4.69, 9.17) is 4.74 Å². The summed E-state index contributed by atoms with van der Waals surface area (Å²) in [5.74, 6) is 0. The summed E-state index contributed by atoms with van der Waals surface area (Å²) in [5, 5.41) is 0.306. The van der Waals surface area contributed by atoms with Gasteiger partial charge in [-0.1, -0.05) is 0 Å². The van der Waals surface area contributed by atoms with Crippen LogP contribution in [0.5, 0.6) is 0 Å². The predicted molar refractivity (Wildman–Crippen MR) is 122 cm³/mol. The summed E-state index contributed by atoms with van der Waals surface area (Å²) in [6, 6.07) is 7.59. The van der Waals surface area contributed by atoms with Crippen molar-refractivity contribution in [3.8, 4) is 11.1 Å². The standard InChI is InChI=1S/C22H26N4O4S/c1-25-12-19(17-7-8-23-21(17)22(25)27)18-11-15(24-31(28,29)16-13-30-14-16)5-6-20(18)26-9-3-2-4-10-26/h5-8,11-12,16,23-24H,2-4,9-10,13-14H2,1H3. The number of fused-ring (bicyclic) bond motifs is 1. The number of anilines is 2. The fourth-order valence-corrected chi connectivity index (χ4v) is 5.52. The first-order valence-electron chi connectivity index (χ1n) is 10.6. The lowest BCUT2D eigenvalue weighted by Gasteiger charge is -2.31. The summed E-state index contributed by atoms with van der Waals surface area (Å²) in [5.41, 5.74) is 3.82. The van der Waals surface area contributed by atoms with Crippen LogP contribution in [0.2, 0.25) is 0 Å². The summed E-state index contributed by atoms with van der Waals surface area (Å²) < 4.78 is 34.6. The van der Waals surface area contributed by atoms with Crippen LogP contribution in [0.3, 0.4) is 0 Å². The molecule has 0 atom stereocenters. The number of nitrogens with zero attached hydrogens (tertiary/aromatic N) is 2. The maximum atomic E-state index is 12.6. The largest absolute Gasteiger partial charge is 0.378 e. The van der Waals surface area contributed by atoms with Gasteiger partial charge in [0.1, 0.15) is 10.8 Å². The molecule has 0 bridgehead atoms. The lowest BCUT2D eigenvalue weighted by Crippen LogP contribution is -2.43. The van der Waals surface area contributed by atoms with Crippen molar-refractivity contribution in [3.63, 3.8) is 0 Å². The highest BCUT2D eigenvalue weighted by Gasteiger charge is 2.32. The summed E-state index contributed by atoms with van der Waals surface area (Å²) in [6.45, 7) is 2.36. The highest BCUT2D eigenvalue weighted by molar-refractivity contribution is 7.93. The van der Waals surface area contributed by atoms with Crippen molar-refractivity contribution in [1.82, 2.24) is 9.55 Å². The minimum atomic E-state index is -3.51. The lowest BCUT2D eigenvalue weighted by atomic mass is 9.99. The molecule has 9 heteroatoms. The van der Waals surface area contributed by atoms with Crippen molar-refractivity contribution < 1.29 is 13.2 Å². The van der Waals surface area contributed by atoms with E-state index >= 15 is 0 Å². The second-order valence-electron chi connectivity index (χ2n) is 8.31. The molecular formula is C22H26N4O4S. The van der Waals surface area contributed by atoms with Gasteiger partial charge in [0, 0.05) is 60.4 Å². The van der Waals surface area contributed by atoms with Crippen molar-refractivity contribution in [2.45, 2.75) is 24.5 Å². The van der Waals surface area contributed by atoms with Crippen LogP contribution < -0.4 is 15.2 Å². The van der Waals surface area contributed by atoms with E-state index in [9.17, 15) is 13.2 Å². The number of benzene rings is 1. The zero-order valence-corrected chi connectivity index (χ0v) is 18.2. The zero-order valence-electron chi connectivity index (χ0n) is 17.4. The van der Waals surface area contributed by atoms with E-state index in [2.05, 4.69) is 14.6 Å². The molecule has 2 aliphatic rings. The number of aryl methyl sites for hydroxylation is 1. The van der Waals surface area contributed by atoms with Crippen LogP contribution in [0.25, 0.3) is 22.0 Å². The van der Waals surface area contributed by atoms with Gasteiger partial charge in [0.2, 0.25) is 10.0 Å². The molecule has 0 unspecified atom stereocenters. The Morgan fingerprint density at radius 1 is 1.10 bits per heavy atom. The SMILES string of the molecule is Cn1cc(-c2cc(NS(=O)(=O)C3COC3)ccc2N2CCCCC2)c2cc[nH]c2c1=O. The van der Waals surface area contributed by atoms with Gasteiger partial charge in [-0.3, -0.25) is 9.52 Å². The van der Waals surface area contributed by atoms with E-state index in [-0.39, 0.29) is 18.8 Å². The molecule has 0 radical (unpaired) electrons. The Morgan fingerprint density at radius 3 is 2.58 bits per heavy atom. The lowest BCUT2D eigenvalue weighted by molar-refractivity contribution is 0.0418. The quantitative estimate of drug-likeness (QED) is 0.633. The van der Waals surface area contributed by atoms with Crippen LogP contribution in [-0.2, 0) is 21.8 Å². The number of piperidine rings is 1. The molecule has 3 aromatic rings. The normalized spacial score (nSPS) is 17.6. The number of H-pyrrole nitrogens is 1. The van der Waals surface area contributed by atoms with Crippen molar-refractivity contribution in [3.05, 3.63) is 47.0 Å². The summed E-state index contributed by atoms with van der Waals surface area (Å²) >= 11 is 0. The minimum absolute atomic E-state index is 0.0925. The number of ether oxygens (including phenoxy) is 1. The van der Waals surface area contributed by atoms with Gasteiger partial charge >= 0.3 is 0 Å². The van der Waals surface area contributed by atoms with E-state index in [1.807, 2.05) is 30.5 Å². The minimum Gasteiger partial charge on any atom is -0.378 e. The molecule has 31 heavy (non-hydrogen) atoms. The molecule has 2 aromatic heterocycles. The molecule has 8 nitrogen and oxygen atoms in total. The smallest absolute Gasteiger partial charge is 0.274 e. The molecule has 0 amide bonds. The number of nitrogens with one attached hydrogen (secondary N) is 2. The van der Waals surface area contributed by atoms with Crippen molar-refractivity contribution in [1.29, 1.82) is 0 Å². The first kappa shape index (κ1) is 20.1. The molecule has 0 spiro atoms. The number of hydrogen-bond acceptors (Lipinski definition) is 5. The molecule has 2 aliphatic heterocycles. The molecule has 2 saturated heterocycles. The molecular weight excluding hydrogens is 416 g/mol. The number of aromatic amines is 1. The fourth-order valence-electron chi connectivity index (χ4n) is 4.35. The van der Waals surface area contributed by atoms with Crippen molar-refractivity contribution >= 4 is 32.3 Å². The average Bonchev–Trinajstić information content (AvgIpc) is 3.19. The van der Waals surface area contributed by atoms with E-state index < -0.39 is 15.3 Å². The second kappa shape index (κ2) is 7.72. The number of aromatic nitrogens is 2. The van der Waals surface area contributed by atoms with Gasteiger partial charge in [0.25, 0.3) is 5.56 Å². The Labute approximate surface area is 180 Å². The molecule has 1 aromatic carbocycles. The third-order valence-corrected chi connectivity index (χ3v) is 7.85. The van der Waals surface area contributed by atoms with Gasteiger partial charge in [-0.05, 0) is 43.5 Å². The maximum Gasteiger partial charge on any atom is 0.274 e. The van der Waals surface area contributed by atoms with Crippen LogP contribution in [0.1, 0.15) is 19.3 Å². The van der Waals surface area contributed by atoms with Crippen molar-refractivity contribution in [2.24, 2.45) is 7.05 Å². The third kappa shape index (κ3) is 3.61. The van der Waals surface area contributed by atoms with E-state index in [1.165, 1.54) is 6.42 Å². The molecule has 2 fully saturated rings. The van der Waals surface area contributed by atoms with Gasteiger partial charge in [0.15, 0.2) is 0 Å². The van der Waals surface area contributed by atoms with E-state index in [1.54, 1.807) is 17.8 Å². The Balaban J connectivity index is 1.65. The van der Waals surface area contributed by atoms with E-state index in [0.717, 1.165) is 48.1 Å². The molecule has 0 saturated carbocycles. The molecule has 5 rings (SSSR count). The van der Waals surface area contributed by atoms with Gasteiger partial charge in [0.05, 0.1) is 13.2 Å². The Bertz CT molecular complexity index is 1280. The van der Waals surface area contributed by atoms with Crippen LogP contribution in [-0.4, -0.2) is 49.5 Å². The highest BCUT2D eigenvalue weighted by Crippen LogP contribution is 2.38. The number of pyridine rings is 1. The monoisotopic (exact) mass is 442 g/mol. The Hall–Kier alpha value is -2.78. The zero-order chi connectivity index (χ0) is 21.6. The molecule has 2 N–H and O–H groups in total. The number of sulfonamides is 1. The molecule has 4 heterocycles. The van der Waals surface area contributed by atoms with Gasteiger partial charge < -0.3 is 19.2 Å². The molecule has 0 aliphatic carbocycles. The third-order valence-electron chi connectivity index (χ3n) is 6.18. The summed E-state index contributed by atoms with van der Waals surface area (Å²) in [7, 11) is -1.78. The second-order valence-corrected chi connectivity index (χ2v) is 10.3. The maximum absolute atomic E-state index is 12.6. The fraction of sp³-hybridized carbons (Fsp3) is 0.409. The number of rotatable bonds is 5. The van der Waals surface area contributed by atoms with Crippen molar-refractivity contribution in [2.75, 3.05) is 35.9 Å². The van der Waals surface area contributed by atoms with Crippen LogP contribution in [0, 0.1) is 0 Å². The van der Waals surface area contributed by atoms with E-state index in [0.29, 0.717) is 11.2 Å². The first-order chi connectivity index (χ1) is 14.9. The Morgan fingerprint density at radius 2 is 1.87 bits per heavy atom. The Kier molecular flexibility index (Phi) is 5.02. The van der Waals surface area contributed by atoms with Gasteiger partial charge in [-0.15, -0.1) is 0 Å². The summed E-state index contributed by atoms with van der Waals surface area (Å²) in [4.78, 5) is 17.9. The van der Waals surface area contributed by atoms with Crippen LogP contribution >= 0.6 is 0 Å². The van der Waals surface area contributed by atoms with Gasteiger partial charge in [-0.2, -0.15) is 0 Å². The van der Waals surface area contributed by atoms with Crippen LogP contribution in [0.4, 0.5) is 11.4 Å². The number of hydrogen-bond donors (Lipinski definition) is 2. The summed E-state index contributed by atoms with van der Waals surface area (Å²) in [6.07, 6.45) is 7.07. The average molecular weight is 443 g/mol. The highest BCUT2D eigenvalue weighted by atomic mass is 32.2. The van der Waals surface area contributed by atoms with Crippen LogP contribution in [0.15, 0.2) is 41.5 Å². The first-order valence-corrected chi connectivity index (χ1v) is 12.1. The van der Waals surface area contributed by atoms with Gasteiger partial charge in [-0.25, -0.2) is 8.42 Å². The molecule has 164 valence electrons. The topological polar surface area (TPSA) is 96.4 Å².